The third-order valence-electron chi connectivity index (χ3n) is 2.68. The van der Waals surface area contributed by atoms with E-state index in [1.165, 1.54) is 22.3 Å². The van der Waals surface area contributed by atoms with Gasteiger partial charge in [-0.25, -0.2) is 0 Å². The minimum atomic E-state index is 0.0937. The largest absolute Gasteiger partial charge is 0.380 e. The molecule has 0 aliphatic rings. The minimum Gasteiger partial charge on any atom is -0.380 e. The van der Waals surface area contributed by atoms with Crippen molar-refractivity contribution in [2.75, 3.05) is 19.4 Å². The number of fused-ring (bicyclic) bond motifs is 1. The van der Waals surface area contributed by atoms with E-state index in [4.69, 9.17) is 0 Å². The standard InChI is InChI=1S/C15H23N3/c1-15(2,3)17-12-6-7-14-11(8-12)9-13(16-14)10-18(4)5/h6-9,16-17H,10H2,1-5H3. The molecule has 3 heteroatoms. The fraction of sp³-hybridized carbons (Fsp3) is 0.467. The second-order valence-electron chi connectivity index (χ2n) is 6.21. The van der Waals surface area contributed by atoms with Crippen molar-refractivity contribution in [3.05, 3.63) is 30.0 Å². The highest BCUT2D eigenvalue weighted by Crippen LogP contribution is 2.22. The van der Waals surface area contributed by atoms with Crippen LogP contribution in [-0.4, -0.2) is 29.5 Å². The van der Waals surface area contributed by atoms with Gasteiger partial charge in [-0.3, -0.25) is 0 Å². The van der Waals surface area contributed by atoms with Crippen LogP contribution >= 0.6 is 0 Å². The summed E-state index contributed by atoms with van der Waals surface area (Å²) >= 11 is 0. The number of rotatable bonds is 3. The Balaban J connectivity index is 2.28. The molecule has 0 saturated carbocycles. The molecular formula is C15H23N3. The van der Waals surface area contributed by atoms with Crippen molar-refractivity contribution in [3.8, 4) is 0 Å². The summed E-state index contributed by atoms with van der Waals surface area (Å²) in [6.45, 7) is 7.46. The highest BCUT2D eigenvalue weighted by Gasteiger charge is 2.10. The van der Waals surface area contributed by atoms with Gasteiger partial charge in [-0.1, -0.05) is 0 Å². The summed E-state index contributed by atoms with van der Waals surface area (Å²) in [6, 6.07) is 8.70. The van der Waals surface area contributed by atoms with Gasteiger partial charge in [0, 0.05) is 34.4 Å². The lowest BCUT2D eigenvalue weighted by atomic mass is 10.1. The van der Waals surface area contributed by atoms with Gasteiger partial charge in [0.25, 0.3) is 0 Å². The first-order valence-electron chi connectivity index (χ1n) is 6.38. The maximum atomic E-state index is 3.50. The maximum absolute atomic E-state index is 3.50. The van der Waals surface area contributed by atoms with Crippen LogP contribution in [0.25, 0.3) is 10.9 Å². The van der Waals surface area contributed by atoms with Crippen LogP contribution in [0.2, 0.25) is 0 Å². The first-order valence-corrected chi connectivity index (χ1v) is 6.38. The van der Waals surface area contributed by atoms with Crippen molar-refractivity contribution >= 4 is 16.6 Å². The SMILES string of the molecule is CN(C)Cc1cc2cc(NC(C)(C)C)ccc2[nH]1. The fourth-order valence-corrected chi connectivity index (χ4v) is 2.13. The van der Waals surface area contributed by atoms with Gasteiger partial charge >= 0.3 is 0 Å². The molecule has 1 aromatic heterocycles. The molecule has 2 rings (SSSR count). The van der Waals surface area contributed by atoms with Crippen LogP contribution < -0.4 is 5.32 Å². The van der Waals surface area contributed by atoms with Crippen LogP contribution in [0.1, 0.15) is 26.5 Å². The van der Waals surface area contributed by atoms with Gasteiger partial charge in [-0.15, -0.1) is 0 Å². The van der Waals surface area contributed by atoms with E-state index in [-0.39, 0.29) is 5.54 Å². The molecule has 1 aromatic carbocycles. The second kappa shape index (κ2) is 4.65. The molecule has 0 aliphatic heterocycles. The van der Waals surface area contributed by atoms with Crippen molar-refractivity contribution in [3.63, 3.8) is 0 Å². The molecule has 0 aliphatic carbocycles. The summed E-state index contributed by atoms with van der Waals surface area (Å²) in [6.07, 6.45) is 0. The molecular weight excluding hydrogens is 222 g/mol. The number of anilines is 1. The molecule has 0 amide bonds. The normalized spacial score (nSPS) is 12.3. The molecule has 98 valence electrons. The smallest absolute Gasteiger partial charge is 0.0457 e. The Morgan fingerprint density at radius 1 is 1.17 bits per heavy atom. The predicted molar refractivity (Wildman–Crippen MR) is 79.1 cm³/mol. The first-order chi connectivity index (χ1) is 8.33. The van der Waals surface area contributed by atoms with Crippen molar-refractivity contribution in [2.45, 2.75) is 32.9 Å². The topological polar surface area (TPSA) is 31.1 Å². The van der Waals surface area contributed by atoms with Crippen LogP contribution in [0.3, 0.4) is 0 Å². The molecule has 3 nitrogen and oxygen atoms in total. The van der Waals surface area contributed by atoms with E-state index in [1.807, 2.05) is 0 Å². The van der Waals surface area contributed by atoms with Gasteiger partial charge in [0.05, 0.1) is 0 Å². The van der Waals surface area contributed by atoms with E-state index >= 15 is 0 Å². The van der Waals surface area contributed by atoms with Gasteiger partial charge in [-0.05, 0) is 59.1 Å². The average Bonchev–Trinajstić information content (AvgIpc) is 2.55. The molecule has 0 bridgehead atoms. The Labute approximate surface area is 109 Å². The highest BCUT2D eigenvalue weighted by molar-refractivity contribution is 5.84. The Morgan fingerprint density at radius 3 is 2.50 bits per heavy atom. The summed E-state index contributed by atoms with van der Waals surface area (Å²) in [4.78, 5) is 5.61. The monoisotopic (exact) mass is 245 g/mol. The zero-order chi connectivity index (χ0) is 13.3. The quantitative estimate of drug-likeness (QED) is 0.868. The number of hydrogen-bond acceptors (Lipinski definition) is 2. The lowest BCUT2D eigenvalue weighted by Gasteiger charge is -2.22. The number of nitrogens with zero attached hydrogens (tertiary/aromatic N) is 1. The molecule has 0 unspecified atom stereocenters. The van der Waals surface area contributed by atoms with Crippen molar-refractivity contribution < 1.29 is 0 Å². The molecule has 18 heavy (non-hydrogen) atoms. The third-order valence-corrected chi connectivity index (χ3v) is 2.68. The lowest BCUT2D eigenvalue weighted by Crippen LogP contribution is -2.25. The molecule has 0 radical (unpaired) electrons. The molecule has 0 saturated heterocycles. The number of benzene rings is 1. The van der Waals surface area contributed by atoms with Crippen LogP contribution in [0.15, 0.2) is 24.3 Å². The zero-order valence-corrected chi connectivity index (χ0v) is 12.0. The fourth-order valence-electron chi connectivity index (χ4n) is 2.13. The summed E-state index contributed by atoms with van der Waals surface area (Å²) in [5.74, 6) is 0. The maximum Gasteiger partial charge on any atom is 0.0457 e. The van der Waals surface area contributed by atoms with Crippen LogP contribution in [-0.2, 0) is 6.54 Å². The van der Waals surface area contributed by atoms with E-state index in [1.54, 1.807) is 0 Å². The predicted octanol–water partition coefficient (Wildman–Crippen LogP) is 3.44. The highest BCUT2D eigenvalue weighted by atomic mass is 15.1. The van der Waals surface area contributed by atoms with E-state index in [2.05, 4.69) is 74.3 Å². The summed E-state index contributed by atoms with van der Waals surface area (Å²) < 4.78 is 0. The molecule has 0 atom stereocenters. The summed E-state index contributed by atoms with van der Waals surface area (Å²) in [5, 5.41) is 4.76. The van der Waals surface area contributed by atoms with E-state index in [9.17, 15) is 0 Å². The Hall–Kier alpha value is -1.48. The number of hydrogen-bond donors (Lipinski definition) is 2. The van der Waals surface area contributed by atoms with Crippen molar-refractivity contribution in [2.24, 2.45) is 0 Å². The van der Waals surface area contributed by atoms with Crippen molar-refractivity contribution in [1.82, 2.24) is 9.88 Å². The summed E-state index contributed by atoms with van der Waals surface area (Å²) in [5.41, 5.74) is 3.72. The lowest BCUT2D eigenvalue weighted by molar-refractivity contribution is 0.398. The Bertz CT molecular complexity index is 532. The van der Waals surface area contributed by atoms with Crippen LogP contribution in [0.4, 0.5) is 5.69 Å². The van der Waals surface area contributed by atoms with Crippen LogP contribution in [0.5, 0.6) is 0 Å². The Kier molecular flexibility index (Phi) is 3.35. The molecule has 0 fully saturated rings. The van der Waals surface area contributed by atoms with Crippen LogP contribution in [0, 0.1) is 0 Å². The number of H-pyrrole nitrogens is 1. The molecule has 2 aromatic rings. The second-order valence-corrected chi connectivity index (χ2v) is 6.21. The minimum absolute atomic E-state index is 0.0937. The van der Waals surface area contributed by atoms with E-state index < -0.39 is 0 Å². The first kappa shape index (κ1) is 13.0. The van der Waals surface area contributed by atoms with Gasteiger partial charge in [0.1, 0.15) is 0 Å². The summed E-state index contributed by atoms with van der Waals surface area (Å²) in [7, 11) is 4.16. The third kappa shape index (κ3) is 3.26. The van der Waals surface area contributed by atoms with Gasteiger partial charge in [-0.2, -0.15) is 0 Å². The van der Waals surface area contributed by atoms with Crippen molar-refractivity contribution in [1.29, 1.82) is 0 Å². The van der Waals surface area contributed by atoms with Gasteiger partial charge in [0.15, 0.2) is 0 Å². The van der Waals surface area contributed by atoms with Gasteiger partial charge < -0.3 is 15.2 Å². The van der Waals surface area contributed by atoms with Gasteiger partial charge in [0.2, 0.25) is 0 Å². The van der Waals surface area contributed by atoms with E-state index in [0.717, 1.165) is 6.54 Å². The number of aromatic nitrogens is 1. The molecule has 2 N–H and O–H groups in total. The number of aromatic amines is 1. The molecule has 1 heterocycles. The zero-order valence-electron chi connectivity index (χ0n) is 12.0. The molecule has 0 spiro atoms. The Morgan fingerprint density at radius 2 is 1.89 bits per heavy atom. The number of nitrogens with one attached hydrogen (secondary N) is 2. The average molecular weight is 245 g/mol. The van der Waals surface area contributed by atoms with E-state index in [0.29, 0.717) is 0 Å².